The van der Waals surface area contributed by atoms with E-state index in [2.05, 4.69) is 39.4 Å². The Morgan fingerprint density at radius 2 is 2.10 bits per heavy atom. The van der Waals surface area contributed by atoms with Gasteiger partial charge < -0.3 is 10.6 Å². The molecule has 2 N–H and O–H groups in total. The van der Waals surface area contributed by atoms with E-state index in [4.69, 9.17) is 0 Å². The van der Waals surface area contributed by atoms with Crippen LogP contribution in [0, 0.1) is 0 Å². The van der Waals surface area contributed by atoms with Gasteiger partial charge in [-0.15, -0.1) is 11.3 Å². The van der Waals surface area contributed by atoms with Gasteiger partial charge in [-0.25, -0.2) is 15.0 Å². The number of rotatable bonds is 7. The van der Waals surface area contributed by atoms with Crippen molar-refractivity contribution in [1.82, 2.24) is 15.0 Å². The lowest BCUT2D eigenvalue weighted by atomic mass is 10.2. The molecule has 0 saturated heterocycles. The van der Waals surface area contributed by atoms with Crippen LogP contribution in [0.15, 0.2) is 17.6 Å². The highest BCUT2D eigenvalue weighted by molar-refractivity contribution is 7.09. The topological polar surface area (TPSA) is 62.7 Å². The lowest BCUT2D eigenvalue weighted by Gasteiger charge is -2.12. The van der Waals surface area contributed by atoms with Crippen molar-refractivity contribution in [2.45, 2.75) is 32.6 Å². The summed E-state index contributed by atoms with van der Waals surface area (Å²) in [4.78, 5) is 13.3. The fraction of sp³-hybridized carbons (Fsp3) is 0.500. The molecule has 2 heterocycles. The van der Waals surface area contributed by atoms with E-state index in [1.807, 2.05) is 24.7 Å². The predicted molar refractivity (Wildman–Crippen MR) is 84.6 cm³/mol. The Bertz CT molecular complexity index is 526. The number of nitrogens with one attached hydrogen (secondary N) is 2. The number of hydrogen-bond acceptors (Lipinski definition) is 6. The standard InChI is InChI=1S/C14H21N5S/c1-4-5-11-18-12(15-3)8-13(19-11)17-9-10(2)14-16-6-7-20-14/h6-8,10H,4-5,9H2,1-3H3,(H2,15,17,18,19). The lowest BCUT2D eigenvalue weighted by Crippen LogP contribution is -2.12. The average Bonchev–Trinajstić information content (AvgIpc) is 2.99. The Hall–Kier alpha value is -1.69. The second-order valence-corrected chi connectivity index (χ2v) is 5.63. The highest BCUT2D eigenvalue weighted by Gasteiger charge is 2.09. The molecule has 0 spiro atoms. The molecule has 0 aromatic carbocycles. The third kappa shape index (κ3) is 3.90. The van der Waals surface area contributed by atoms with Gasteiger partial charge in [-0.05, 0) is 6.42 Å². The van der Waals surface area contributed by atoms with E-state index in [-0.39, 0.29) is 0 Å². The summed E-state index contributed by atoms with van der Waals surface area (Å²) in [6, 6.07) is 1.94. The Balaban J connectivity index is 2.02. The van der Waals surface area contributed by atoms with Gasteiger partial charge in [-0.1, -0.05) is 13.8 Å². The molecule has 0 radical (unpaired) electrons. The molecule has 1 unspecified atom stereocenters. The van der Waals surface area contributed by atoms with Crippen LogP contribution in [0.3, 0.4) is 0 Å². The van der Waals surface area contributed by atoms with Crippen LogP contribution in [0.2, 0.25) is 0 Å². The van der Waals surface area contributed by atoms with Gasteiger partial charge in [0, 0.05) is 43.6 Å². The highest BCUT2D eigenvalue weighted by Crippen LogP contribution is 2.19. The molecule has 1 atom stereocenters. The summed E-state index contributed by atoms with van der Waals surface area (Å²) in [5.41, 5.74) is 0. The van der Waals surface area contributed by atoms with Crippen molar-refractivity contribution in [3.8, 4) is 0 Å². The molecule has 0 aliphatic rings. The first-order valence-electron chi connectivity index (χ1n) is 6.92. The lowest BCUT2D eigenvalue weighted by molar-refractivity contribution is 0.785. The first-order chi connectivity index (χ1) is 9.72. The summed E-state index contributed by atoms with van der Waals surface area (Å²) in [7, 11) is 1.88. The molecular formula is C14H21N5S. The molecule has 2 aromatic rings. The second-order valence-electron chi connectivity index (χ2n) is 4.71. The summed E-state index contributed by atoms with van der Waals surface area (Å²) in [5.74, 6) is 2.98. The van der Waals surface area contributed by atoms with Crippen LogP contribution in [0.1, 0.15) is 37.0 Å². The van der Waals surface area contributed by atoms with Gasteiger partial charge in [0.25, 0.3) is 0 Å². The van der Waals surface area contributed by atoms with Crippen molar-refractivity contribution in [1.29, 1.82) is 0 Å². The number of hydrogen-bond donors (Lipinski definition) is 2. The van der Waals surface area contributed by atoms with Crippen LogP contribution in [0.25, 0.3) is 0 Å². The second kappa shape index (κ2) is 7.19. The zero-order chi connectivity index (χ0) is 14.4. The SMILES string of the molecule is CCCc1nc(NC)cc(NCC(C)c2nccs2)n1. The van der Waals surface area contributed by atoms with E-state index in [0.717, 1.165) is 41.9 Å². The maximum atomic E-state index is 4.55. The van der Waals surface area contributed by atoms with Gasteiger partial charge in [0.15, 0.2) is 0 Å². The van der Waals surface area contributed by atoms with Gasteiger partial charge in [-0.2, -0.15) is 0 Å². The van der Waals surface area contributed by atoms with Crippen molar-refractivity contribution >= 4 is 23.0 Å². The minimum absolute atomic E-state index is 0.373. The molecular weight excluding hydrogens is 270 g/mol. The summed E-state index contributed by atoms with van der Waals surface area (Å²) in [5, 5.41) is 9.62. The van der Waals surface area contributed by atoms with E-state index < -0.39 is 0 Å². The first kappa shape index (κ1) is 14.7. The van der Waals surface area contributed by atoms with Crippen molar-refractivity contribution in [3.63, 3.8) is 0 Å². The number of aryl methyl sites for hydroxylation is 1. The van der Waals surface area contributed by atoms with Crippen molar-refractivity contribution in [2.24, 2.45) is 0 Å². The van der Waals surface area contributed by atoms with E-state index in [1.165, 1.54) is 0 Å². The molecule has 2 aromatic heterocycles. The number of thiazole rings is 1. The summed E-state index contributed by atoms with van der Waals surface area (Å²) < 4.78 is 0. The first-order valence-corrected chi connectivity index (χ1v) is 7.79. The summed E-state index contributed by atoms with van der Waals surface area (Å²) >= 11 is 1.69. The summed E-state index contributed by atoms with van der Waals surface area (Å²) in [6.45, 7) is 5.12. The number of aromatic nitrogens is 3. The van der Waals surface area contributed by atoms with Crippen LogP contribution < -0.4 is 10.6 Å². The van der Waals surface area contributed by atoms with Crippen molar-refractivity contribution in [3.05, 3.63) is 28.5 Å². The molecule has 6 heteroatoms. The molecule has 20 heavy (non-hydrogen) atoms. The van der Waals surface area contributed by atoms with E-state index in [9.17, 15) is 0 Å². The molecule has 0 saturated carbocycles. The monoisotopic (exact) mass is 291 g/mol. The summed E-state index contributed by atoms with van der Waals surface area (Å²) in [6.07, 6.45) is 3.79. The van der Waals surface area contributed by atoms with Crippen LogP contribution in [-0.2, 0) is 6.42 Å². The van der Waals surface area contributed by atoms with E-state index in [1.54, 1.807) is 11.3 Å². The zero-order valence-electron chi connectivity index (χ0n) is 12.2. The minimum Gasteiger partial charge on any atom is -0.373 e. The molecule has 0 aliphatic heterocycles. The molecule has 0 aliphatic carbocycles. The highest BCUT2D eigenvalue weighted by atomic mass is 32.1. The molecule has 2 rings (SSSR count). The van der Waals surface area contributed by atoms with E-state index >= 15 is 0 Å². The van der Waals surface area contributed by atoms with Crippen LogP contribution in [0.4, 0.5) is 11.6 Å². The van der Waals surface area contributed by atoms with Crippen molar-refractivity contribution < 1.29 is 0 Å². The van der Waals surface area contributed by atoms with Gasteiger partial charge in [-0.3, -0.25) is 0 Å². The number of anilines is 2. The van der Waals surface area contributed by atoms with E-state index in [0.29, 0.717) is 5.92 Å². The fourth-order valence-electron chi connectivity index (χ4n) is 1.87. The van der Waals surface area contributed by atoms with Crippen LogP contribution >= 0.6 is 11.3 Å². The Labute approximate surface area is 123 Å². The van der Waals surface area contributed by atoms with Crippen LogP contribution in [0.5, 0.6) is 0 Å². The van der Waals surface area contributed by atoms with Crippen molar-refractivity contribution in [2.75, 3.05) is 24.2 Å². The maximum Gasteiger partial charge on any atom is 0.133 e. The minimum atomic E-state index is 0.373. The molecule has 0 fully saturated rings. The van der Waals surface area contributed by atoms with Crippen LogP contribution in [-0.4, -0.2) is 28.5 Å². The van der Waals surface area contributed by atoms with Gasteiger partial charge >= 0.3 is 0 Å². The zero-order valence-corrected chi connectivity index (χ0v) is 13.0. The largest absolute Gasteiger partial charge is 0.373 e. The smallest absolute Gasteiger partial charge is 0.133 e. The molecule has 0 bridgehead atoms. The third-order valence-electron chi connectivity index (χ3n) is 2.96. The van der Waals surface area contributed by atoms with Gasteiger partial charge in [0.05, 0.1) is 5.01 Å². The average molecular weight is 291 g/mol. The Morgan fingerprint density at radius 3 is 2.75 bits per heavy atom. The normalized spacial score (nSPS) is 12.2. The molecule has 5 nitrogen and oxygen atoms in total. The molecule has 108 valence electrons. The Morgan fingerprint density at radius 1 is 1.30 bits per heavy atom. The maximum absolute atomic E-state index is 4.55. The Kier molecular flexibility index (Phi) is 5.29. The molecule has 0 amide bonds. The fourth-order valence-corrected chi connectivity index (χ4v) is 2.57. The third-order valence-corrected chi connectivity index (χ3v) is 3.97. The predicted octanol–water partition coefficient (Wildman–Crippen LogP) is 3.14. The number of nitrogens with zero attached hydrogens (tertiary/aromatic N) is 3. The van der Waals surface area contributed by atoms with Gasteiger partial charge in [0.1, 0.15) is 17.5 Å². The quantitative estimate of drug-likeness (QED) is 0.820. The van der Waals surface area contributed by atoms with Gasteiger partial charge in [0.2, 0.25) is 0 Å².